The van der Waals surface area contributed by atoms with E-state index in [1.807, 2.05) is 0 Å². The number of nitrogens with zero attached hydrogens (tertiary/aromatic N) is 1. The normalized spacial score (nSPS) is 33.9. The maximum Gasteiger partial charge on any atom is 0.250 e. The van der Waals surface area contributed by atoms with Crippen LogP contribution >= 0.6 is 63.7 Å². The van der Waals surface area contributed by atoms with Gasteiger partial charge in [0.25, 0.3) is 5.91 Å². The summed E-state index contributed by atoms with van der Waals surface area (Å²) in [5.41, 5.74) is 0. The van der Waals surface area contributed by atoms with Crippen molar-refractivity contribution in [2.45, 2.75) is 44.7 Å². The molecule has 0 aromatic carbocycles. The lowest BCUT2D eigenvalue weighted by molar-refractivity contribution is -0.129. The first-order chi connectivity index (χ1) is 6.92. The van der Waals surface area contributed by atoms with Crippen LogP contribution in [0.2, 0.25) is 0 Å². The highest BCUT2D eigenvalue weighted by Crippen LogP contribution is 2.47. The lowest BCUT2D eigenvalue weighted by Gasteiger charge is -2.25. The maximum atomic E-state index is 12.1. The molecule has 86 valence electrons. The highest BCUT2D eigenvalue weighted by molar-refractivity contribution is 9.26. The molecule has 0 aromatic rings. The van der Waals surface area contributed by atoms with Gasteiger partial charge in [0, 0.05) is 18.5 Å². The molecule has 1 amide bonds. The van der Waals surface area contributed by atoms with Crippen molar-refractivity contribution in [1.29, 1.82) is 0 Å². The number of carbonyl (C=O) groups excluding carboxylic acids is 1. The zero-order valence-corrected chi connectivity index (χ0v) is 14.3. The Kier molecular flexibility index (Phi) is 3.92. The van der Waals surface area contributed by atoms with Crippen molar-refractivity contribution in [3.05, 3.63) is 0 Å². The third-order valence-electron chi connectivity index (χ3n) is 3.11. The van der Waals surface area contributed by atoms with Crippen molar-refractivity contribution in [2.24, 2.45) is 0 Å². The standard InChI is InChI=1S/C9H11Br4NO/c10-7(11)3-5-1-2-6-4-9(12,13)8(15)14(5)6/h5-7H,1-4H2/t5-,6+/m0/s1. The van der Waals surface area contributed by atoms with E-state index < -0.39 is 3.23 Å². The Morgan fingerprint density at radius 1 is 1.40 bits per heavy atom. The minimum Gasteiger partial charge on any atom is -0.335 e. The van der Waals surface area contributed by atoms with Gasteiger partial charge >= 0.3 is 0 Å². The van der Waals surface area contributed by atoms with Gasteiger partial charge < -0.3 is 4.90 Å². The molecule has 2 heterocycles. The number of amides is 1. The van der Waals surface area contributed by atoms with Crippen LogP contribution in [-0.4, -0.2) is 29.9 Å². The van der Waals surface area contributed by atoms with Crippen LogP contribution in [0.25, 0.3) is 0 Å². The lowest BCUT2D eigenvalue weighted by atomic mass is 10.1. The second kappa shape index (κ2) is 4.58. The molecule has 0 aliphatic carbocycles. The molecule has 2 rings (SSSR count). The van der Waals surface area contributed by atoms with E-state index in [1.54, 1.807) is 0 Å². The fourth-order valence-corrected chi connectivity index (χ4v) is 4.52. The van der Waals surface area contributed by atoms with Crippen molar-refractivity contribution in [3.63, 3.8) is 0 Å². The third-order valence-corrected chi connectivity index (χ3v) is 5.18. The highest BCUT2D eigenvalue weighted by atomic mass is 79.9. The van der Waals surface area contributed by atoms with Crippen LogP contribution < -0.4 is 0 Å². The van der Waals surface area contributed by atoms with Crippen molar-refractivity contribution in [2.75, 3.05) is 0 Å². The van der Waals surface area contributed by atoms with Gasteiger partial charge in [0.15, 0.2) is 3.23 Å². The molecule has 15 heavy (non-hydrogen) atoms. The summed E-state index contributed by atoms with van der Waals surface area (Å²) >= 11 is 13.9. The zero-order valence-electron chi connectivity index (χ0n) is 7.93. The zero-order chi connectivity index (χ0) is 11.2. The number of halogens is 4. The summed E-state index contributed by atoms with van der Waals surface area (Å²) in [6.07, 6.45) is 4.10. The molecule has 6 heteroatoms. The predicted molar refractivity (Wildman–Crippen MR) is 75.1 cm³/mol. The SMILES string of the molecule is O=C1N2[C@H](CC[C@H]2CC(Br)Br)CC1(Br)Br. The van der Waals surface area contributed by atoms with Crippen LogP contribution in [0.15, 0.2) is 0 Å². The van der Waals surface area contributed by atoms with Gasteiger partial charge in [-0.3, -0.25) is 4.79 Å². The Balaban J connectivity index is 2.11. The molecule has 2 saturated heterocycles. The molecule has 0 saturated carbocycles. The van der Waals surface area contributed by atoms with Gasteiger partial charge in [-0.05, 0) is 19.3 Å². The molecule has 0 radical (unpaired) electrons. The fraction of sp³-hybridized carbons (Fsp3) is 0.889. The van der Waals surface area contributed by atoms with E-state index in [0.29, 0.717) is 15.8 Å². The van der Waals surface area contributed by atoms with Gasteiger partial charge in [-0.15, -0.1) is 0 Å². The number of hydrogen-bond acceptors (Lipinski definition) is 1. The van der Waals surface area contributed by atoms with Crippen LogP contribution in [0.3, 0.4) is 0 Å². The van der Waals surface area contributed by atoms with Crippen molar-refractivity contribution >= 4 is 69.6 Å². The van der Waals surface area contributed by atoms with E-state index >= 15 is 0 Å². The quantitative estimate of drug-likeness (QED) is 0.565. The Morgan fingerprint density at radius 2 is 2.07 bits per heavy atom. The fourth-order valence-electron chi connectivity index (χ4n) is 2.50. The van der Waals surface area contributed by atoms with E-state index in [-0.39, 0.29) is 5.91 Å². The monoisotopic (exact) mass is 465 g/mol. The average Bonchev–Trinajstić information content (AvgIpc) is 2.54. The first-order valence-electron chi connectivity index (χ1n) is 4.90. The summed E-state index contributed by atoms with van der Waals surface area (Å²) in [4.78, 5) is 14.2. The molecular weight excluding hydrogens is 458 g/mol. The van der Waals surface area contributed by atoms with Gasteiger partial charge in [0.05, 0.1) is 3.74 Å². The highest BCUT2D eigenvalue weighted by Gasteiger charge is 2.53. The molecule has 2 aliphatic rings. The molecule has 0 N–H and O–H groups in total. The summed E-state index contributed by atoms with van der Waals surface area (Å²) in [6.45, 7) is 0. The minimum absolute atomic E-state index is 0.190. The summed E-state index contributed by atoms with van der Waals surface area (Å²) in [5.74, 6) is 0.190. The van der Waals surface area contributed by atoms with E-state index in [0.717, 1.165) is 25.7 Å². The molecule has 0 unspecified atom stereocenters. The Hall–Kier alpha value is 1.39. The Morgan fingerprint density at radius 3 is 2.67 bits per heavy atom. The average molecular weight is 469 g/mol. The molecule has 2 fully saturated rings. The van der Waals surface area contributed by atoms with E-state index in [2.05, 4.69) is 68.6 Å². The van der Waals surface area contributed by atoms with Gasteiger partial charge in [0.1, 0.15) is 0 Å². The van der Waals surface area contributed by atoms with Gasteiger partial charge in [-0.2, -0.15) is 0 Å². The van der Waals surface area contributed by atoms with Crippen LogP contribution in [0, 0.1) is 0 Å². The topological polar surface area (TPSA) is 20.3 Å². The largest absolute Gasteiger partial charge is 0.335 e. The second-order valence-electron chi connectivity index (χ2n) is 4.13. The van der Waals surface area contributed by atoms with Crippen LogP contribution in [0.5, 0.6) is 0 Å². The number of rotatable bonds is 2. The van der Waals surface area contributed by atoms with Crippen LogP contribution in [0.1, 0.15) is 25.7 Å². The van der Waals surface area contributed by atoms with Crippen LogP contribution in [0.4, 0.5) is 0 Å². The second-order valence-corrected chi connectivity index (χ2v) is 11.3. The summed E-state index contributed by atoms with van der Waals surface area (Å²) < 4.78 is -0.209. The summed E-state index contributed by atoms with van der Waals surface area (Å²) in [5, 5.41) is 0. The number of fused-ring (bicyclic) bond motifs is 1. The molecule has 2 nitrogen and oxygen atoms in total. The first kappa shape index (κ1) is 12.8. The molecule has 2 aliphatic heterocycles. The lowest BCUT2D eigenvalue weighted by Crippen LogP contribution is -2.39. The molecule has 0 spiro atoms. The first-order valence-corrected chi connectivity index (χ1v) is 8.32. The van der Waals surface area contributed by atoms with Gasteiger partial charge in [0.2, 0.25) is 0 Å². The molecule has 0 bridgehead atoms. The number of alkyl halides is 4. The summed E-state index contributed by atoms with van der Waals surface area (Å²) in [7, 11) is 0. The minimum atomic E-state index is -0.503. The third kappa shape index (κ3) is 2.47. The van der Waals surface area contributed by atoms with Crippen molar-refractivity contribution in [3.8, 4) is 0 Å². The smallest absolute Gasteiger partial charge is 0.250 e. The molecule has 2 atom stereocenters. The maximum absolute atomic E-state index is 12.1. The predicted octanol–water partition coefficient (Wildman–Crippen LogP) is 3.74. The molecular formula is C9H11Br4NO. The Labute approximate surface area is 123 Å². The van der Waals surface area contributed by atoms with E-state index in [1.165, 1.54) is 0 Å². The van der Waals surface area contributed by atoms with E-state index in [9.17, 15) is 4.79 Å². The molecule has 0 aromatic heterocycles. The van der Waals surface area contributed by atoms with Crippen molar-refractivity contribution < 1.29 is 4.79 Å². The van der Waals surface area contributed by atoms with E-state index in [4.69, 9.17) is 0 Å². The van der Waals surface area contributed by atoms with Gasteiger partial charge in [-0.1, -0.05) is 63.7 Å². The summed E-state index contributed by atoms with van der Waals surface area (Å²) in [6, 6.07) is 0.795. The number of hydrogen-bond donors (Lipinski definition) is 0. The Bertz CT molecular complexity index is 281. The van der Waals surface area contributed by atoms with Gasteiger partial charge in [-0.25, -0.2) is 0 Å². The van der Waals surface area contributed by atoms with Crippen LogP contribution in [-0.2, 0) is 4.79 Å². The van der Waals surface area contributed by atoms with Crippen molar-refractivity contribution in [1.82, 2.24) is 4.90 Å². The number of carbonyl (C=O) groups is 1.